The quantitative estimate of drug-likeness (QED) is 0.525. The molecule has 0 amide bonds. The number of anilines is 1. The first-order valence-electron chi connectivity index (χ1n) is 10.2. The fraction of sp³-hybridized carbons (Fsp3) is 0.435. The Morgan fingerprint density at radius 2 is 2.10 bits per heavy atom. The topological polar surface area (TPSA) is 68.5 Å². The van der Waals surface area contributed by atoms with Gasteiger partial charge in [-0.2, -0.15) is 0 Å². The Kier molecular flexibility index (Phi) is 5.45. The summed E-state index contributed by atoms with van der Waals surface area (Å²) in [5, 5.41) is 1.58. The maximum Gasteiger partial charge on any atom is 0.309 e. The van der Waals surface area contributed by atoms with Crippen molar-refractivity contribution in [2.45, 2.75) is 39.7 Å². The minimum absolute atomic E-state index is 0.107. The first-order valence-corrected chi connectivity index (χ1v) is 10.6. The van der Waals surface area contributed by atoms with Crippen molar-refractivity contribution in [2.75, 3.05) is 18.0 Å². The number of hydrogen-bond donors (Lipinski definition) is 0. The number of nitrogens with zero attached hydrogens (tertiary/aromatic N) is 3. The summed E-state index contributed by atoms with van der Waals surface area (Å²) in [6.07, 6.45) is 5.58. The maximum absolute atomic E-state index is 12.6. The van der Waals surface area contributed by atoms with Crippen molar-refractivity contribution in [1.82, 2.24) is 9.97 Å². The molecular weight excluding hydrogens is 402 g/mol. The summed E-state index contributed by atoms with van der Waals surface area (Å²) in [6.45, 7) is 9.26. The first kappa shape index (κ1) is 20.7. The zero-order valence-corrected chi connectivity index (χ0v) is 18.4. The number of benzene rings is 1. The zero-order chi connectivity index (χ0) is 21.5. The number of carbonyl (C=O) groups excluding carboxylic acids is 1. The largest absolute Gasteiger partial charge is 0.460 e. The van der Waals surface area contributed by atoms with Gasteiger partial charge in [0.2, 0.25) is 5.89 Å². The molecule has 0 aliphatic carbocycles. The fourth-order valence-electron chi connectivity index (χ4n) is 4.05. The highest BCUT2D eigenvalue weighted by Crippen LogP contribution is 2.38. The van der Waals surface area contributed by atoms with Crippen LogP contribution in [0.4, 0.5) is 5.69 Å². The highest BCUT2D eigenvalue weighted by Gasteiger charge is 2.35. The van der Waals surface area contributed by atoms with E-state index >= 15 is 0 Å². The molecule has 2 atom stereocenters. The van der Waals surface area contributed by atoms with Crippen LogP contribution in [0, 0.1) is 11.8 Å². The molecule has 3 heterocycles. The van der Waals surface area contributed by atoms with Gasteiger partial charge in [0.25, 0.3) is 0 Å². The Morgan fingerprint density at radius 1 is 1.30 bits per heavy atom. The summed E-state index contributed by atoms with van der Waals surface area (Å²) in [5.41, 5.74) is 2.17. The highest BCUT2D eigenvalue weighted by atomic mass is 35.5. The molecule has 1 fully saturated rings. The minimum Gasteiger partial charge on any atom is -0.460 e. The summed E-state index contributed by atoms with van der Waals surface area (Å²) < 4.78 is 11.0. The van der Waals surface area contributed by atoms with Crippen LogP contribution in [-0.4, -0.2) is 34.6 Å². The summed E-state index contributed by atoms with van der Waals surface area (Å²) in [4.78, 5) is 23.6. The van der Waals surface area contributed by atoms with Crippen molar-refractivity contribution in [3.63, 3.8) is 0 Å². The van der Waals surface area contributed by atoms with Crippen LogP contribution >= 0.6 is 11.6 Å². The lowest BCUT2D eigenvalue weighted by Gasteiger charge is -2.38. The van der Waals surface area contributed by atoms with E-state index in [1.807, 2.05) is 39.0 Å². The van der Waals surface area contributed by atoms with Crippen molar-refractivity contribution >= 4 is 34.2 Å². The number of hydrogen-bond acceptors (Lipinski definition) is 6. The number of ether oxygens (including phenoxy) is 1. The molecule has 0 saturated carbocycles. The third-order valence-corrected chi connectivity index (χ3v) is 5.68. The maximum atomic E-state index is 12.6. The number of piperidine rings is 1. The predicted molar refractivity (Wildman–Crippen MR) is 118 cm³/mol. The molecule has 4 rings (SSSR count). The number of pyridine rings is 1. The lowest BCUT2D eigenvalue weighted by molar-refractivity contribution is -0.162. The van der Waals surface area contributed by atoms with E-state index in [9.17, 15) is 4.79 Å². The molecule has 7 heteroatoms. The molecule has 0 bridgehead atoms. The molecule has 1 aliphatic rings. The van der Waals surface area contributed by atoms with Gasteiger partial charge < -0.3 is 14.1 Å². The van der Waals surface area contributed by atoms with E-state index in [-0.39, 0.29) is 17.8 Å². The summed E-state index contributed by atoms with van der Waals surface area (Å²) in [5.74, 6) is 0.487. The van der Waals surface area contributed by atoms with Gasteiger partial charge in [0.1, 0.15) is 11.9 Å². The highest BCUT2D eigenvalue weighted by molar-refractivity contribution is 6.34. The van der Waals surface area contributed by atoms with Crippen molar-refractivity contribution in [3.05, 3.63) is 41.9 Å². The van der Waals surface area contributed by atoms with Crippen molar-refractivity contribution in [2.24, 2.45) is 11.8 Å². The number of halogens is 1. The number of fused-ring (bicyclic) bond motifs is 1. The molecule has 1 saturated heterocycles. The van der Waals surface area contributed by atoms with Crippen LogP contribution in [0.25, 0.3) is 22.4 Å². The molecule has 2 aromatic heterocycles. The number of aromatic nitrogens is 2. The number of oxazole rings is 1. The van der Waals surface area contributed by atoms with Crippen LogP contribution in [0.3, 0.4) is 0 Å². The summed E-state index contributed by atoms with van der Waals surface area (Å²) in [6, 6.07) is 5.93. The molecule has 1 aliphatic heterocycles. The normalized spacial score (nSPS) is 19.8. The van der Waals surface area contributed by atoms with Gasteiger partial charge >= 0.3 is 5.97 Å². The zero-order valence-electron chi connectivity index (χ0n) is 17.7. The molecule has 30 heavy (non-hydrogen) atoms. The third kappa shape index (κ3) is 4.15. The average Bonchev–Trinajstić information content (AvgIpc) is 3.21. The van der Waals surface area contributed by atoms with Crippen LogP contribution in [0.2, 0.25) is 5.02 Å². The molecule has 0 radical (unpaired) electrons. The Hall–Kier alpha value is -2.60. The smallest absolute Gasteiger partial charge is 0.309 e. The summed E-state index contributed by atoms with van der Waals surface area (Å²) in [7, 11) is 0. The van der Waals surface area contributed by atoms with E-state index in [0.29, 0.717) is 10.9 Å². The van der Waals surface area contributed by atoms with Crippen LogP contribution < -0.4 is 4.90 Å². The predicted octanol–water partition coefficient (Wildman–Crippen LogP) is 5.35. The fourth-order valence-corrected chi connectivity index (χ4v) is 4.32. The van der Waals surface area contributed by atoms with Gasteiger partial charge in [-0.3, -0.25) is 9.78 Å². The second kappa shape index (κ2) is 7.91. The molecule has 3 aromatic rings. The Balaban J connectivity index is 1.60. The number of rotatable bonds is 3. The van der Waals surface area contributed by atoms with Gasteiger partial charge in [-0.25, -0.2) is 4.98 Å². The van der Waals surface area contributed by atoms with Crippen molar-refractivity contribution in [3.8, 4) is 11.5 Å². The minimum atomic E-state index is -0.473. The average molecular weight is 428 g/mol. The van der Waals surface area contributed by atoms with Crippen LogP contribution in [0.15, 0.2) is 41.3 Å². The molecule has 1 aromatic carbocycles. The molecular formula is C23H26ClN3O3. The van der Waals surface area contributed by atoms with E-state index in [1.54, 1.807) is 18.7 Å². The van der Waals surface area contributed by atoms with Gasteiger partial charge in [0.15, 0.2) is 0 Å². The Bertz CT molecular complexity index is 1060. The molecule has 0 unspecified atom stereocenters. The Morgan fingerprint density at radius 3 is 2.77 bits per heavy atom. The van der Waals surface area contributed by atoms with Crippen molar-refractivity contribution < 1.29 is 13.9 Å². The van der Waals surface area contributed by atoms with Crippen LogP contribution in [-0.2, 0) is 9.53 Å². The van der Waals surface area contributed by atoms with Gasteiger partial charge in [0.05, 0.1) is 28.3 Å². The summed E-state index contributed by atoms with van der Waals surface area (Å²) >= 11 is 6.58. The van der Waals surface area contributed by atoms with E-state index in [0.717, 1.165) is 41.7 Å². The molecule has 158 valence electrons. The van der Waals surface area contributed by atoms with Crippen LogP contribution in [0.1, 0.15) is 34.1 Å². The number of esters is 1. The van der Waals surface area contributed by atoms with E-state index in [4.69, 9.17) is 20.8 Å². The molecule has 6 nitrogen and oxygen atoms in total. The monoisotopic (exact) mass is 427 g/mol. The van der Waals surface area contributed by atoms with Gasteiger partial charge in [-0.1, -0.05) is 18.5 Å². The van der Waals surface area contributed by atoms with E-state index in [1.165, 1.54) is 0 Å². The standard InChI is InChI=1S/C23H26ClN3O3/c1-14-13-27(9-7-16(14)22(28)30-23(2,3)4)20-17-6-5-15(21-25-8-10-29-21)11-19(17)26-12-18(20)24/h5-6,8,10-12,14,16H,7,9,13H2,1-4H3/t14-,16+/m1/s1. The van der Waals surface area contributed by atoms with Crippen LogP contribution in [0.5, 0.6) is 0 Å². The molecule has 0 N–H and O–H groups in total. The number of carbonyl (C=O) groups is 1. The first-order chi connectivity index (χ1) is 14.2. The molecule has 0 spiro atoms. The van der Waals surface area contributed by atoms with Gasteiger partial charge in [0, 0.05) is 30.2 Å². The third-order valence-electron chi connectivity index (χ3n) is 5.41. The van der Waals surface area contributed by atoms with E-state index in [2.05, 4.69) is 21.8 Å². The van der Waals surface area contributed by atoms with E-state index < -0.39 is 5.60 Å². The second-order valence-electron chi connectivity index (χ2n) is 8.88. The SMILES string of the molecule is C[C@@H]1CN(c2c(Cl)cnc3cc(-c4ncco4)ccc23)CC[C@@H]1C(=O)OC(C)(C)C. The van der Waals surface area contributed by atoms with Gasteiger partial charge in [-0.15, -0.1) is 0 Å². The lowest BCUT2D eigenvalue weighted by atomic mass is 9.86. The van der Waals surface area contributed by atoms with Crippen molar-refractivity contribution in [1.29, 1.82) is 0 Å². The lowest BCUT2D eigenvalue weighted by Crippen LogP contribution is -2.44. The Labute approximate surface area is 181 Å². The second-order valence-corrected chi connectivity index (χ2v) is 9.28. The van der Waals surface area contributed by atoms with Gasteiger partial charge in [-0.05, 0) is 51.3 Å².